The van der Waals surface area contributed by atoms with Gasteiger partial charge in [0.1, 0.15) is 0 Å². The van der Waals surface area contributed by atoms with E-state index in [2.05, 4.69) is 23.4 Å². The Hall–Kier alpha value is -0.900. The number of H-pyrrole nitrogens is 1. The molecule has 2 rings (SSSR count). The molecule has 3 unspecified atom stereocenters. The van der Waals surface area contributed by atoms with E-state index in [1.54, 1.807) is 6.07 Å². The standard InChI is InChI=1S/C12H18N2OS/c1-3-9-4-5-10(8(9)2)14-7-6-11(15)13-12(14)16/h6-10H,3-5H2,1-2H3,(H,13,15,16). The van der Waals surface area contributed by atoms with Gasteiger partial charge in [-0.2, -0.15) is 0 Å². The number of aromatic amines is 1. The molecule has 1 heterocycles. The van der Waals surface area contributed by atoms with Crippen molar-refractivity contribution in [2.45, 2.75) is 39.2 Å². The fourth-order valence-electron chi connectivity index (χ4n) is 2.88. The van der Waals surface area contributed by atoms with E-state index in [0.29, 0.717) is 16.7 Å². The van der Waals surface area contributed by atoms with Crippen molar-refractivity contribution in [1.82, 2.24) is 9.55 Å². The molecule has 1 aliphatic rings. The third-order valence-corrected chi connectivity index (χ3v) is 4.23. The van der Waals surface area contributed by atoms with E-state index in [4.69, 9.17) is 12.2 Å². The van der Waals surface area contributed by atoms with Crippen molar-refractivity contribution in [2.75, 3.05) is 0 Å². The lowest BCUT2D eigenvalue weighted by Gasteiger charge is -2.22. The predicted octanol–water partition coefficient (Wildman–Crippen LogP) is 2.90. The summed E-state index contributed by atoms with van der Waals surface area (Å²) in [5.74, 6) is 1.43. The highest BCUT2D eigenvalue weighted by Gasteiger charge is 2.32. The fourth-order valence-corrected chi connectivity index (χ4v) is 3.18. The molecule has 0 amide bonds. The average molecular weight is 238 g/mol. The molecule has 16 heavy (non-hydrogen) atoms. The zero-order chi connectivity index (χ0) is 11.7. The lowest BCUT2D eigenvalue weighted by atomic mass is 9.93. The van der Waals surface area contributed by atoms with Gasteiger partial charge in [0.15, 0.2) is 4.77 Å². The minimum atomic E-state index is -0.112. The van der Waals surface area contributed by atoms with Gasteiger partial charge in [0.25, 0.3) is 5.56 Å². The first-order valence-electron chi connectivity index (χ1n) is 5.95. The van der Waals surface area contributed by atoms with Crippen LogP contribution in [-0.4, -0.2) is 9.55 Å². The number of nitrogens with zero attached hydrogens (tertiary/aromatic N) is 1. The van der Waals surface area contributed by atoms with Gasteiger partial charge >= 0.3 is 0 Å². The summed E-state index contributed by atoms with van der Waals surface area (Å²) in [6, 6.07) is 2.01. The van der Waals surface area contributed by atoms with Crippen molar-refractivity contribution in [1.29, 1.82) is 0 Å². The van der Waals surface area contributed by atoms with Gasteiger partial charge in [0.2, 0.25) is 0 Å². The highest BCUT2D eigenvalue weighted by molar-refractivity contribution is 7.71. The van der Waals surface area contributed by atoms with Gasteiger partial charge in [-0.1, -0.05) is 20.3 Å². The first kappa shape index (κ1) is 11.6. The second-order valence-corrected chi connectivity index (χ2v) is 5.08. The van der Waals surface area contributed by atoms with Gasteiger partial charge in [0, 0.05) is 18.3 Å². The summed E-state index contributed by atoms with van der Waals surface area (Å²) in [5.41, 5.74) is -0.112. The SMILES string of the molecule is CCC1CCC(n2ccc(=O)[nH]c2=S)C1C. The minimum absolute atomic E-state index is 0.112. The Balaban J connectivity index is 2.32. The Bertz CT molecular complexity index is 476. The molecule has 0 aromatic carbocycles. The van der Waals surface area contributed by atoms with E-state index in [1.165, 1.54) is 19.3 Å². The van der Waals surface area contributed by atoms with E-state index in [0.717, 1.165) is 5.92 Å². The van der Waals surface area contributed by atoms with Crippen molar-refractivity contribution in [3.05, 3.63) is 27.4 Å². The molecule has 1 fully saturated rings. The third kappa shape index (κ3) is 1.98. The Morgan fingerprint density at radius 2 is 2.31 bits per heavy atom. The largest absolute Gasteiger partial charge is 0.322 e. The molecule has 4 heteroatoms. The van der Waals surface area contributed by atoms with Crippen LogP contribution in [0.4, 0.5) is 0 Å². The second kappa shape index (κ2) is 4.53. The maximum absolute atomic E-state index is 11.1. The molecule has 0 bridgehead atoms. The van der Waals surface area contributed by atoms with Crippen LogP contribution in [0.1, 0.15) is 39.2 Å². The third-order valence-electron chi connectivity index (χ3n) is 3.92. The van der Waals surface area contributed by atoms with Crippen LogP contribution in [0.25, 0.3) is 0 Å². The van der Waals surface area contributed by atoms with Crippen LogP contribution in [0.2, 0.25) is 0 Å². The maximum atomic E-state index is 11.1. The monoisotopic (exact) mass is 238 g/mol. The fraction of sp³-hybridized carbons (Fsp3) is 0.667. The van der Waals surface area contributed by atoms with E-state index in [1.807, 2.05) is 6.20 Å². The van der Waals surface area contributed by atoms with Gasteiger partial charge in [-0.3, -0.25) is 9.78 Å². The number of aromatic nitrogens is 2. The highest BCUT2D eigenvalue weighted by Crippen LogP contribution is 2.41. The van der Waals surface area contributed by atoms with Crippen LogP contribution in [0.3, 0.4) is 0 Å². The van der Waals surface area contributed by atoms with E-state index >= 15 is 0 Å². The van der Waals surface area contributed by atoms with Crippen molar-refractivity contribution in [3.8, 4) is 0 Å². The van der Waals surface area contributed by atoms with Crippen molar-refractivity contribution in [3.63, 3.8) is 0 Å². The van der Waals surface area contributed by atoms with Gasteiger partial charge in [-0.15, -0.1) is 0 Å². The molecule has 1 aromatic rings. The van der Waals surface area contributed by atoms with Crippen molar-refractivity contribution < 1.29 is 0 Å². The summed E-state index contributed by atoms with van der Waals surface area (Å²) < 4.78 is 2.61. The van der Waals surface area contributed by atoms with Crippen LogP contribution in [-0.2, 0) is 0 Å². The van der Waals surface area contributed by atoms with Crippen molar-refractivity contribution in [2.24, 2.45) is 11.8 Å². The smallest absolute Gasteiger partial charge is 0.251 e. The van der Waals surface area contributed by atoms with Crippen LogP contribution < -0.4 is 5.56 Å². The Kier molecular flexibility index (Phi) is 3.28. The molecule has 0 radical (unpaired) electrons. The summed E-state index contributed by atoms with van der Waals surface area (Å²) >= 11 is 5.21. The molecular formula is C12H18N2OS. The second-order valence-electron chi connectivity index (χ2n) is 4.69. The minimum Gasteiger partial charge on any atom is -0.322 e. The number of hydrogen-bond acceptors (Lipinski definition) is 2. The van der Waals surface area contributed by atoms with E-state index in [-0.39, 0.29) is 5.56 Å². The van der Waals surface area contributed by atoms with E-state index in [9.17, 15) is 4.79 Å². The molecular weight excluding hydrogens is 220 g/mol. The van der Waals surface area contributed by atoms with Crippen molar-refractivity contribution >= 4 is 12.2 Å². The molecule has 1 aromatic heterocycles. The molecule has 1 aliphatic carbocycles. The zero-order valence-corrected chi connectivity index (χ0v) is 10.6. The van der Waals surface area contributed by atoms with Gasteiger partial charge in [-0.05, 0) is 36.9 Å². The topological polar surface area (TPSA) is 37.8 Å². The molecule has 0 spiro atoms. The molecule has 88 valence electrons. The normalized spacial score (nSPS) is 29.5. The maximum Gasteiger partial charge on any atom is 0.251 e. The Morgan fingerprint density at radius 3 is 2.88 bits per heavy atom. The summed E-state index contributed by atoms with van der Waals surface area (Å²) in [6.07, 6.45) is 5.50. The Morgan fingerprint density at radius 1 is 1.56 bits per heavy atom. The summed E-state index contributed by atoms with van der Waals surface area (Å²) in [6.45, 7) is 4.54. The first-order valence-corrected chi connectivity index (χ1v) is 6.35. The van der Waals surface area contributed by atoms with Crippen LogP contribution in [0, 0.1) is 16.6 Å². The summed E-state index contributed by atoms with van der Waals surface area (Å²) in [7, 11) is 0. The van der Waals surface area contributed by atoms with Crippen LogP contribution >= 0.6 is 12.2 Å². The molecule has 0 saturated heterocycles. The molecule has 3 nitrogen and oxygen atoms in total. The number of nitrogens with one attached hydrogen (secondary N) is 1. The predicted molar refractivity (Wildman–Crippen MR) is 67.1 cm³/mol. The first-order chi connectivity index (χ1) is 7.63. The van der Waals surface area contributed by atoms with Gasteiger partial charge in [0.05, 0.1) is 0 Å². The molecule has 1 N–H and O–H groups in total. The van der Waals surface area contributed by atoms with Crippen LogP contribution in [0.5, 0.6) is 0 Å². The van der Waals surface area contributed by atoms with Gasteiger partial charge in [-0.25, -0.2) is 0 Å². The zero-order valence-electron chi connectivity index (χ0n) is 9.77. The summed E-state index contributed by atoms with van der Waals surface area (Å²) in [4.78, 5) is 13.8. The molecule has 3 atom stereocenters. The van der Waals surface area contributed by atoms with Gasteiger partial charge < -0.3 is 4.57 Å². The molecule has 0 aliphatic heterocycles. The summed E-state index contributed by atoms with van der Waals surface area (Å²) in [5, 5.41) is 0. The van der Waals surface area contributed by atoms with E-state index < -0.39 is 0 Å². The number of hydrogen-bond donors (Lipinski definition) is 1. The Labute approximate surface area is 101 Å². The average Bonchev–Trinajstić information content (AvgIpc) is 2.60. The van der Waals surface area contributed by atoms with Crippen LogP contribution in [0.15, 0.2) is 17.1 Å². The lowest BCUT2D eigenvalue weighted by molar-refractivity contribution is 0.324. The number of rotatable bonds is 2. The lowest BCUT2D eigenvalue weighted by Crippen LogP contribution is -2.19. The quantitative estimate of drug-likeness (QED) is 0.804. The highest BCUT2D eigenvalue weighted by atomic mass is 32.1. The molecule has 1 saturated carbocycles.